The van der Waals surface area contributed by atoms with E-state index in [0.717, 1.165) is 49.0 Å². The van der Waals surface area contributed by atoms with Gasteiger partial charge in [-0.3, -0.25) is 9.59 Å². The Morgan fingerprint density at radius 2 is 1.94 bits per heavy atom. The molecule has 0 unspecified atom stereocenters. The smallest absolute Gasteiger partial charge is 0.228 e. The zero-order valence-corrected chi connectivity index (χ0v) is 17.9. The highest BCUT2D eigenvalue weighted by molar-refractivity contribution is 6.00. The van der Waals surface area contributed by atoms with Crippen molar-refractivity contribution < 1.29 is 14.0 Å². The summed E-state index contributed by atoms with van der Waals surface area (Å²) < 4.78 is 14.9. The Balaban J connectivity index is 1.29. The van der Waals surface area contributed by atoms with Gasteiger partial charge < -0.3 is 10.6 Å². The first kappa shape index (κ1) is 20.8. The summed E-state index contributed by atoms with van der Waals surface area (Å²) in [6.45, 7) is 0.880. The summed E-state index contributed by atoms with van der Waals surface area (Å²) in [7, 11) is 0. The molecule has 1 aliphatic carbocycles. The molecule has 2 aromatic rings. The molecule has 6 rings (SSSR count). The van der Waals surface area contributed by atoms with Gasteiger partial charge in [-0.1, -0.05) is 24.3 Å². The summed E-state index contributed by atoms with van der Waals surface area (Å²) in [6, 6.07) is 12.9. The van der Waals surface area contributed by atoms with Crippen molar-refractivity contribution in [2.45, 2.75) is 50.5 Å². The van der Waals surface area contributed by atoms with E-state index in [2.05, 4.69) is 16.7 Å². The maximum absolute atomic E-state index is 14.9. The van der Waals surface area contributed by atoms with Gasteiger partial charge in [0.2, 0.25) is 5.91 Å². The molecule has 2 saturated heterocycles. The summed E-state index contributed by atoms with van der Waals surface area (Å²) in [5.41, 5.74) is 3.21. The predicted octanol–water partition coefficient (Wildman–Crippen LogP) is 4.16. The van der Waals surface area contributed by atoms with Crippen LogP contribution in [0, 0.1) is 29.0 Å². The number of Topliss-reactive ketones (excluding diaryl/α,β-unsaturated/α-hetero) is 1. The van der Waals surface area contributed by atoms with Crippen molar-refractivity contribution in [2.75, 3.05) is 11.9 Å². The molecule has 2 bridgehead atoms. The number of carbonyl (C=O) groups excluding carboxylic acids is 2. The second-order valence-electron chi connectivity index (χ2n) is 9.47. The molecule has 3 aliphatic heterocycles. The Morgan fingerprint density at radius 1 is 1.19 bits per heavy atom. The maximum atomic E-state index is 14.9. The summed E-state index contributed by atoms with van der Waals surface area (Å²) in [5, 5.41) is 15.9. The van der Waals surface area contributed by atoms with Gasteiger partial charge in [-0.05, 0) is 79.0 Å². The highest BCUT2D eigenvalue weighted by atomic mass is 19.1. The quantitative estimate of drug-likeness (QED) is 0.720. The number of halogens is 1. The van der Waals surface area contributed by atoms with E-state index in [4.69, 9.17) is 0 Å². The van der Waals surface area contributed by atoms with Crippen LogP contribution in [0.25, 0.3) is 11.1 Å². The number of benzene rings is 2. The van der Waals surface area contributed by atoms with E-state index in [0.29, 0.717) is 23.5 Å². The third kappa shape index (κ3) is 3.82. The Morgan fingerprint density at radius 3 is 2.62 bits per heavy atom. The molecule has 1 amide bonds. The van der Waals surface area contributed by atoms with E-state index in [-0.39, 0.29) is 30.3 Å². The lowest BCUT2D eigenvalue weighted by atomic mass is 9.68. The predicted molar refractivity (Wildman–Crippen MR) is 119 cm³/mol. The molecule has 32 heavy (non-hydrogen) atoms. The van der Waals surface area contributed by atoms with Crippen molar-refractivity contribution in [1.82, 2.24) is 5.32 Å². The lowest BCUT2D eigenvalue weighted by Crippen LogP contribution is -2.60. The molecule has 3 heterocycles. The number of hydrogen-bond donors (Lipinski definition) is 2. The van der Waals surface area contributed by atoms with Crippen LogP contribution in [-0.4, -0.2) is 23.8 Å². The van der Waals surface area contributed by atoms with Gasteiger partial charge in [0.25, 0.3) is 0 Å². The zero-order chi connectivity index (χ0) is 22.3. The number of carbonyl (C=O) groups is 2. The summed E-state index contributed by atoms with van der Waals surface area (Å²) >= 11 is 0. The van der Waals surface area contributed by atoms with Crippen LogP contribution in [0.1, 0.15) is 43.2 Å². The summed E-state index contributed by atoms with van der Waals surface area (Å²) in [6.07, 6.45) is 4.57. The number of amides is 1. The van der Waals surface area contributed by atoms with Crippen LogP contribution in [0.2, 0.25) is 0 Å². The minimum atomic E-state index is -0.547. The van der Waals surface area contributed by atoms with Gasteiger partial charge in [0, 0.05) is 12.1 Å². The van der Waals surface area contributed by atoms with Crippen LogP contribution < -0.4 is 10.6 Å². The summed E-state index contributed by atoms with van der Waals surface area (Å²) in [4.78, 5) is 24.6. The minimum Gasteiger partial charge on any atom is -0.326 e. The van der Waals surface area contributed by atoms with E-state index in [1.165, 1.54) is 6.07 Å². The van der Waals surface area contributed by atoms with Gasteiger partial charge in [0.1, 0.15) is 5.82 Å². The van der Waals surface area contributed by atoms with Crippen molar-refractivity contribution >= 4 is 17.4 Å². The monoisotopic (exact) mass is 431 g/mol. The number of nitrogens with one attached hydrogen (secondary N) is 2. The van der Waals surface area contributed by atoms with Crippen molar-refractivity contribution in [3.63, 3.8) is 0 Å². The molecule has 1 atom stereocenters. The highest BCUT2D eigenvalue weighted by Gasteiger charge is 2.45. The highest BCUT2D eigenvalue weighted by Crippen LogP contribution is 2.39. The molecular formula is C26H26FN3O2. The summed E-state index contributed by atoms with van der Waals surface area (Å²) in [5.74, 6) is -0.194. The molecule has 1 saturated carbocycles. The standard InChI is InChI=1S/C26H26FN3O2/c27-22-11-18(19-2-4-21-13-25(32)30-23(21)12-19)1-3-20(22)9-17(14-28)10-24(31)26-7-5-16(6-8-26)15-29-26/h1-4,11-12,16-17,29H,5-10,13,15H2,(H,30,32)/t16?,17-,26?/m1/s1. The molecule has 5 nitrogen and oxygen atoms in total. The largest absolute Gasteiger partial charge is 0.326 e. The number of ketones is 1. The number of hydrogen-bond acceptors (Lipinski definition) is 4. The van der Waals surface area contributed by atoms with E-state index < -0.39 is 11.5 Å². The third-order valence-electron chi connectivity index (χ3n) is 7.42. The molecule has 2 N–H and O–H groups in total. The SMILES string of the molecule is N#C[C@@H](CC(=O)C12CCC(CC1)CN2)Cc1ccc(-c2ccc3c(c2)NC(=O)C3)cc1F. The van der Waals surface area contributed by atoms with Crippen LogP contribution in [0.15, 0.2) is 36.4 Å². The molecule has 2 aromatic carbocycles. The molecule has 4 aliphatic rings. The Kier molecular flexibility index (Phi) is 5.30. The number of rotatable bonds is 6. The Bertz CT molecular complexity index is 1110. The molecule has 0 radical (unpaired) electrons. The molecule has 0 aromatic heterocycles. The lowest BCUT2D eigenvalue weighted by molar-refractivity contribution is -0.129. The van der Waals surface area contributed by atoms with Crippen molar-refractivity contribution in [3.8, 4) is 17.2 Å². The first-order chi connectivity index (χ1) is 15.5. The number of piperidine rings is 2. The first-order valence-electron chi connectivity index (χ1n) is 11.4. The van der Waals surface area contributed by atoms with E-state index in [1.807, 2.05) is 24.3 Å². The van der Waals surface area contributed by atoms with Crippen molar-refractivity contribution in [3.05, 3.63) is 53.3 Å². The van der Waals surface area contributed by atoms with Crippen LogP contribution in [-0.2, 0) is 22.4 Å². The molecular weight excluding hydrogens is 405 g/mol. The fraction of sp³-hybridized carbons (Fsp3) is 0.423. The first-order valence-corrected chi connectivity index (χ1v) is 11.4. The second-order valence-corrected chi connectivity index (χ2v) is 9.47. The minimum absolute atomic E-state index is 0.0354. The van der Waals surface area contributed by atoms with E-state index in [9.17, 15) is 19.2 Å². The van der Waals surface area contributed by atoms with Gasteiger partial charge in [0.05, 0.1) is 23.9 Å². The Hall–Kier alpha value is -3.04. The van der Waals surface area contributed by atoms with Gasteiger partial charge in [-0.25, -0.2) is 4.39 Å². The van der Waals surface area contributed by atoms with E-state index >= 15 is 0 Å². The molecule has 3 fully saturated rings. The van der Waals surface area contributed by atoms with Crippen LogP contribution >= 0.6 is 0 Å². The Labute approximate surface area is 187 Å². The third-order valence-corrected chi connectivity index (χ3v) is 7.42. The van der Waals surface area contributed by atoms with Gasteiger partial charge >= 0.3 is 0 Å². The fourth-order valence-corrected chi connectivity index (χ4v) is 5.40. The lowest BCUT2D eigenvalue weighted by Gasteiger charge is -2.46. The second kappa shape index (κ2) is 8.14. The molecule has 164 valence electrons. The van der Waals surface area contributed by atoms with Crippen molar-refractivity contribution in [1.29, 1.82) is 5.26 Å². The average Bonchev–Trinajstić information content (AvgIpc) is 3.20. The zero-order valence-electron chi connectivity index (χ0n) is 17.9. The van der Waals surface area contributed by atoms with Gasteiger partial charge in [0.15, 0.2) is 5.78 Å². The number of anilines is 1. The normalized spacial score (nSPS) is 24.5. The number of nitrogens with zero attached hydrogens (tertiary/aromatic N) is 1. The topological polar surface area (TPSA) is 82.0 Å². The number of nitriles is 1. The molecule has 0 spiro atoms. The van der Waals surface area contributed by atoms with E-state index in [1.54, 1.807) is 6.07 Å². The van der Waals surface area contributed by atoms with Gasteiger partial charge in [-0.2, -0.15) is 5.26 Å². The fourth-order valence-electron chi connectivity index (χ4n) is 5.40. The van der Waals surface area contributed by atoms with Gasteiger partial charge in [-0.15, -0.1) is 0 Å². The van der Waals surface area contributed by atoms with Crippen LogP contribution in [0.4, 0.5) is 10.1 Å². The maximum Gasteiger partial charge on any atom is 0.228 e. The van der Waals surface area contributed by atoms with Crippen LogP contribution in [0.3, 0.4) is 0 Å². The number of fused-ring (bicyclic) bond motifs is 4. The van der Waals surface area contributed by atoms with Crippen molar-refractivity contribution in [2.24, 2.45) is 11.8 Å². The molecule has 6 heteroatoms. The average molecular weight is 432 g/mol. The van der Waals surface area contributed by atoms with Crippen LogP contribution in [0.5, 0.6) is 0 Å².